The van der Waals surface area contributed by atoms with Gasteiger partial charge in [-0.25, -0.2) is 4.68 Å². The molecule has 0 spiro atoms. The monoisotopic (exact) mass is 271 g/mol. The van der Waals surface area contributed by atoms with Gasteiger partial charge in [0.25, 0.3) is 5.92 Å². The Morgan fingerprint density at radius 3 is 2.47 bits per heavy atom. The maximum absolute atomic E-state index is 14.4. The summed E-state index contributed by atoms with van der Waals surface area (Å²) in [4.78, 5) is 0. The lowest BCUT2D eigenvalue weighted by Gasteiger charge is -2.28. The van der Waals surface area contributed by atoms with Crippen molar-refractivity contribution < 1.29 is 8.78 Å². The molecule has 1 unspecified atom stereocenters. The van der Waals surface area contributed by atoms with Gasteiger partial charge in [0, 0.05) is 12.5 Å². The number of aryl methyl sites for hydroxylation is 1. The summed E-state index contributed by atoms with van der Waals surface area (Å²) in [5, 5.41) is 7.93. The number of fused-ring (bicyclic) bond motifs is 1. The first kappa shape index (κ1) is 14.4. The Morgan fingerprint density at radius 1 is 1.21 bits per heavy atom. The third kappa shape index (κ3) is 2.79. The standard InChI is InChI=1S/C14H23F2N3/c1-9(2)11-5-6-12-13(14(15,16)8-7-11)19(10(3)4)18-17-12/h9-11H,5-8H2,1-4H3. The van der Waals surface area contributed by atoms with Crippen molar-refractivity contribution in [1.82, 2.24) is 15.0 Å². The molecule has 0 aromatic carbocycles. The van der Waals surface area contributed by atoms with Gasteiger partial charge in [-0.15, -0.1) is 5.10 Å². The first-order valence-corrected chi connectivity index (χ1v) is 7.15. The van der Waals surface area contributed by atoms with E-state index in [4.69, 9.17) is 0 Å². The molecule has 5 heteroatoms. The summed E-state index contributed by atoms with van der Waals surface area (Å²) >= 11 is 0. The van der Waals surface area contributed by atoms with E-state index in [0.29, 0.717) is 30.4 Å². The molecule has 108 valence electrons. The maximum Gasteiger partial charge on any atom is 0.291 e. The van der Waals surface area contributed by atoms with Crippen LogP contribution in [0.4, 0.5) is 8.78 Å². The zero-order valence-corrected chi connectivity index (χ0v) is 12.2. The van der Waals surface area contributed by atoms with Gasteiger partial charge in [-0.05, 0) is 44.9 Å². The van der Waals surface area contributed by atoms with Crippen LogP contribution in [-0.2, 0) is 12.3 Å². The summed E-state index contributed by atoms with van der Waals surface area (Å²) in [5.74, 6) is -2.02. The fourth-order valence-electron chi connectivity index (χ4n) is 2.85. The van der Waals surface area contributed by atoms with Gasteiger partial charge >= 0.3 is 0 Å². The lowest BCUT2D eigenvalue weighted by atomic mass is 9.83. The minimum atomic E-state index is -2.81. The molecule has 1 atom stereocenters. The van der Waals surface area contributed by atoms with Gasteiger partial charge in [-0.3, -0.25) is 0 Å². The molecule has 0 saturated carbocycles. The van der Waals surface area contributed by atoms with Gasteiger partial charge in [-0.1, -0.05) is 19.1 Å². The maximum atomic E-state index is 14.4. The van der Waals surface area contributed by atoms with Gasteiger partial charge in [0.15, 0.2) is 0 Å². The Labute approximate surface area is 113 Å². The van der Waals surface area contributed by atoms with Crippen molar-refractivity contribution in [3.05, 3.63) is 11.4 Å². The molecule has 1 aromatic rings. The third-order valence-corrected chi connectivity index (χ3v) is 4.12. The summed E-state index contributed by atoms with van der Waals surface area (Å²) in [6, 6.07) is -0.0811. The molecule has 0 bridgehead atoms. The first-order chi connectivity index (χ1) is 8.83. The summed E-state index contributed by atoms with van der Waals surface area (Å²) in [6.07, 6.45) is 2.02. The van der Waals surface area contributed by atoms with Crippen LogP contribution in [0.1, 0.15) is 64.4 Å². The molecule has 0 saturated heterocycles. The van der Waals surface area contributed by atoms with Crippen LogP contribution in [0.25, 0.3) is 0 Å². The van der Waals surface area contributed by atoms with E-state index in [1.54, 1.807) is 0 Å². The number of nitrogens with zero attached hydrogens (tertiary/aromatic N) is 3. The van der Waals surface area contributed by atoms with E-state index in [-0.39, 0.29) is 18.2 Å². The largest absolute Gasteiger partial charge is 0.291 e. The van der Waals surface area contributed by atoms with Crippen molar-refractivity contribution >= 4 is 0 Å². The fourth-order valence-corrected chi connectivity index (χ4v) is 2.85. The predicted molar refractivity (Wildman–Crippen MR) is 70.2 cm³/mol. The smallest absolute Gasteiger partial charge is 0.240 e. The lowest BCUT2D eigenvalue weighted by Crippen LogP contribution is -2.26. The highest BCUT2D eigenvalue weighted by Gasteiger charge is 2.41. The number of alkyl halides is 2. The van der Waals surface area contributed by atoms with Crippen LogP contribution in [0.5, 0.6) is 0 Å². The fraction of sp³-hybridized carbons (Fsp3) is 0.857. The highest BCUT2D eigenvalue weighted by molar-refractivity contribution is 5.18. The highest BCUT2D eigenvalue weighted by atomic mass is 19.3. The van der Waals surface area contributed by atoms with Crippen LogP contribution in [0.3, 0.4) is 0 Å². The molecule has 1 aliphatic carbocycles. The number of halogens is 2. The Morgan fingerprint density at radius 2 is 1.89 bits per heavy atom. The van der Waals surface area contributed by atoms with E-state index < -0.39 is 5.92 Å². The van der Waals surface area contributed by atoms with Gasteiger partial charge < -0.3 is 0 Å². The van der Waals surface area contributed by atoms with Crippen LogP contribution in [0.15, 0.2) is 0 Å². The van der Waals surface area contributed by atoms with Crippen molar-refractivity contribution in [2.24, 2.45) is 11.8 Å². The van der Waals surface area contributed by atoms with Crippen molar-refractivity contribution in [3.8, 4) is 0 Å². The molecule has 1 aromatic heterocycles. The molecule has 0 fully saturated rings. The van der Waals surface area contributed by atoms with Crippen molar-refractivity contribution in [1.29, 1.82) is 0 Å². The average Bonchev–Trinajstić information content (AvgIpc) is 2.70. The van der Waals surface area contributed by atoms with Gasteiger partial charge in [-0.2, -0.15) is 8.78 Å². The molecular formula is C14H23F2N3. The predicted octanol–water partition coefficient (Wildman–Crippen LogP) is 3.95. The number of aromatic nitrogens is 3. The first-order valence-electron chi connectivity index (χ1n) is 7.15. The number of hydrogen-bond acceptors (Lipinski definition) is 2. The van der Waals surface area contributed by atoms with Crippen molar-refractivity contribution in [3.63, 3.8) is 0 Å². The van der Waals surface area contributed by atoms with Gasteiger partial charge in [0.2, 0.25) is 0 Å². The molecule has 0 radical (unpaired) electrons. The van der Waals surface area contributed by atoms with Gasteiger partial charge in [0.1, 0.15) is 5.69 Å². The molecule has 19 heavy (non-hydrogen) atoms. The Hall–Kier alpha value is -1.00. The Kier molecular flexibility index (Phi) is 3.92. The second-order valence-electron chi connectivity index (χ2n) is 6.21. The van der Waals surface area contributed by atoms with E-state index in [2.05, 4.69) is 24.2 Å². The molecule has 2 rings (SSSR count). The van der Waals surface area contributed by atoms with Crippen LogP contribution in [0, 0.1) is 11.8 Å². The topological polar surface area (TPSA) is 30.7 Å². The molecule has 0 N–H and O–H groups in total. The van der Waals surface area contributed by atoms with E-state index in [1.165, 1.54) is 4.68 Å². The quantitative estimate of drug-likeness (QED) is 0.815. The third-order valence-electron chi connectivity index (χ3n) is 4.12. The van der Waals surface area contributed by atoms with E-state index >= 15 is 0 Å². The zero-order valence-electron chi connectivity index (χ0n) is 12.2. The number of rotatable bonds is 2. The molecule has 0 aliphatic heterocycles. The van der Waals surface area contributed by atoms with Crippen LogP contribution in [-0.4, -0.2) is 15.0 Å². The molecule has 1 heterocycles. The molecule has 0 amide bonds. The molecular weight excluding hydrogens is 248 g/mol. The second-order valence-corrected chi connectivity index (χ2v) is 6.21. The van der Waals surface area contributed by atoms with E-state index in [0.717, 1.165) is 6.42 Å². The zero-order chi connectivity index (χ0) is 14.2. The van der Waals surface area contributed by atoms with Crippen LogP contribution >= 0.6 is 0 Å². The molecule has 3 nitrogen and oxygen atoms in total. The van der Waals surface area contributed by atoms with E-state index in [9.17, 15) is 8.78 Å². The summed E-state index contributed by atoms with van der Waals surface area (Å²) in [6.45, 7) is 7.94. The van der Waals surface area contributed by atoms with E-state index in [1.807, 2.05) is 13.8 Å². The summed E-state index contributed by atoms with van der Waals surface area (Å²) in [5.41, 5.74) is 0.536. The lowest BCUT2D eigenvalue weighted by molar-refractivity contribution is -0.0336. The second kappa shape index (κ2) is 5.17. The highest BCUT2D eigenvalue weighted by Crippen LogP contribution is 2.40. The minimum Gasteiger partial charge on any atom is -0.240 e. The average molecular weight is 271 g/mol. The Balaban J connectivity index is 2.37. The van der Waals surface area contributed by atoms with Gasteiger partial charge in [0.05, 0.1) is 5.69 Å². The van der Waals surface area contributed by atoms with Crippen LogP contribution < -0.4 is 0 Å². The normalized spacial score (nSPS) is 23.3. The van der Waals surface area contributed by atoms with Crippen molar-refractivity contribution in [2.75, 3.05) is 0 Å². The summed E-state index contributed by atoms with van der Waals surface area (Å²) in [7, 11) is 0. The number of hydrogen-bond donors (Lipinski definition) is 0. The summed E-state index contributed by atoms with van der Waals surface area (Å²) < 4.78 is 30.2. The molecule has 1 aliphatic rings. The van der Waals surface area contributed by atoms with Crippen LogP contribution in [0.2, 0.25) is 0 Å². The SMILES string of the molecule is CC(C)C1CCc2nnn(C(C)C)c2C(F)(F)CC1. The minimum absolute atomic E-state index is 0.0460. The Bertz CT molecular complexity index is 438. The van der Waals surface area contributed by atoms with Crippen molar-refractivity contribution in [2.45, 2.75) is 65.3 Å².